The largest absolute Gasteiger partial charge is 0.284 e. The molecule has 4 nitrogen and oxygen atoms in total. The van der Waals surface area contributed by atoms with Crippen molar-refractivity contribution in [2.45, 2.75) is 31.6 Å². The van der Waals surface area contributed by atoms with Gasteiger partial charge in [-0.3, -0.25) is 9.69 Å². The van der Waals surface area contributed by atoms with Crippen LogP contribution in [-0.2, 0) is 11.3 Å². The lowest BCUT2D eigenvalue weighted by Gasteiger charge is -2.15. The highest BCUT2D eigenvalue weighted by Gasteiger charge is 2.37. The minimum Gasteiger partial charge on any atom is -0.284 e. The molecule has 0 spiro atoms. The van der Waals surface area contributed by atoms with Crippen molar-refractivity contribution in [3.05, 3.63) is 71.8 Å². The van der Waals surface area contributed by atoms with E-state index < -0.39 is 0 Å². The highest BCUT2D eigenvalue weighted by molar-refractivity contribution is 8.15. The van der Waals surface area contributed by atoms with E-state index in [9.17, 15) is 4.79 Å². The molecular formula is C20H21N3OS. The van der Waals surface area contributed by atoms with Gasteiger partial charge in [0.15, 0.2) is 5.17 Å². The second-order valence-corrected chi connectivity index (χ2v) is 7.01. The van der Waals surface area contributed by atoms with E-state index in [1.54, 1.807) is 11.1 Å². The fourth-order valence-corrected chi connectivity index (χ4v) is 3.84. The SMILES string of the molecule is CCC[C@H]1S/C(=N/N=C\c2ccccc2)N(Cc2ccccc2)C1=O. The molecule has 0 bridgehead atoms. The van der Waals surface area contributed by atoms with Crippen LogP contribution in [0.15, 0.2) is 70.9 Å². The molecule has 2 aromatic rings. The summed E-state index contributed by atoms with van der Waals surface area (Å²) in [5.41, 5.74) is 2.08. The molecular weight excluding hydrogens is 330 g/mol. The Balaban J connectivity index is 1.79. The molecule has 0 aliphatic carbocycles. The third kappa shape index (κ3) is 4.57. The van der Waals surface area contributed by atoms with Crippen molar-refractivity contribution in [1.29, 1.82) is 0 Å². The molecule has 3 rings (SSSR count). The van der Waals surface area contributed by atoms with Crippen LogP contribution >= 0.6 is 11.8 Å². The first-order valence-electron chi connectivity index (χ1n) is 8.46. The lowest BCUT2D eigenvalue weighted by molar-refractivity contribution is -0.126. The predicted octanol–water partition coefficient (Wildman–Crippen LogP) is 4.32. The van der Waals surface area contributed by atoms with Gasteiger partial charge in [0.1, 0.15) is 0 Å². The van der Waals surface area contributed by atoms with Crippen LogP contribution in [0.4, 0.5) is 0 Å². The minimum atomic E-state index is -0.0561. The van der Waals surface area contributed by atoms with E-state index in [-0.39, 0.29) is 11.2 Å². The molecule has 5 heteroatoms. The third-order valence-electron chi connectivity index (χ3n) is 3.90. The van der Waals surface area contributed by atoms with Crippen molar-refractivity contribution in [2.24, 2.45) is 10.2 Å². The monoisotopic (exact) mass is 351 g/mol. The van der Waals surface area contributed by atoms with Gasteiger partial charge in [-0.05, 0) is 17.5 Å². The Labute approximate surface area is 152 Å². The number of amides is 1. The maximum atomic E-state index is 12.7. The van der Waals surface area contributed by atoms with E-state index >= 15 is 0 Å². The Morgan fingerprint density at radius 1 is 1.08 bits per heavy atom. The van der Waals surface area contributed by atoms with E-state index in [4.69, 9.17) is 0 Å². The summed E-state index contributed by atoms with van der Waals surface area (Å²) in [7, 11) is 0. The van der Waals surface area contributed by atoms with Gasteiger partial charge in [0.25, 0.3) is 0 Å². The van der Waals surface area contributed by atoms with Crippen LogP contribution in [0.1, 0.15) is 30.9 Å². The number of hydrogen-bond acceptors (Lipinski definition) is 4. The van der Waals surface area contributed by atoms with E-state index in [1.807, 2.05) is 60.7 Å². The van der Waals surface area contributed by atoms with Crippen LogP contribution in [0.25, 0.3) is 0 Å². The number of carbonyl (C=O) groups is 1. The molecule has 0 aromatic heterocycles. The summed E-state index contributed by atoms with van der Waals surface area (Å²) in [5.74, 6) is 0.129. The Hall–Kier alpha value is -2.40. The first-order valence-corrected chi connectivity index (χ1v) is 9.34. The number of thioether (sulfide) groups is 1. The lowest BCUT2D eigenvalue weighted by Crippen LogP contribution is -2.31. The number of carbonyl (C=O) groups excluding carboxylic acids is 1. The van der Waals surface area contributed by atoms with Crippen LogP contribution in [0.2, 0.25) is 0 Å². The Kier molecular flexibility index (Phi) is 6.01. The quantitative estimate of drug-likeness (QED) is 0.575. The molecule has 1 saturated heterocycles. The minimum absolute atomic E-state index is 0.0561. The summed E-state index contributed by atoms with van der Waals surface area (Å²) in [6.45, 7) is 2.63. The predicted molar refractivity (Wildman–Crippen MR) is 105 cm³/mol. The Morgan fingerprint density at radius 2 is 1.76 bits per heavy atom. The van der Waals surface area contributed by atoms with Crippen LogP contribution in [0.3, 0.4) is 0 Å². The van der Waals surface area contributed by atoms with Gasteiger partial charge in [0.05, 0.1) is 18.0 Å². The van der Waals surface area contributed by atoms with Crippen molar-refractivity contribution < 1.29 is 4.79 Å². The average molecular weight is 351 g/mol. The van der Waals surface area contributed by atoms with Crippen molar-refractivity contribution in [1.82, 2.24) is 4.90 Å². The average Bonchev–Trinajstić information content (AvgIpc) is 2.93. The maximum Gasteiger partial charge on any atom is 0.242 e. The van der Waals surface area contributed by atoms with Gasteiger partial charge in [-0.2, -0.15) is 5.10 Å². The van der Waals surface area contributed by atoms with Crippen LogP contribution in [0.5, 0.6) is 0 Å². The molecule has 1 aliphatic rings. The molecule has 0 radical (unpaired) electrons. The van der Waals surface area contributed by atoms with E-state index in [1.165, 1.54) is 11.8 Å². The normalized spacial score (nSPS) is 19.2. The number of benzene rings is 2. The van der Waals surface area contributed by atoms with E-state index in [0.717, 1.165) is 24.0 Å². The number of rotatable bonds is 6. The Morgan fingerprint density at radius 3 is 2.44 bits per heavy atom. The lowest BCUT2D eigenvalue weighted by atomic mass is 10.2. The topological polar surface area (TPSA) is 45.0 Å². The van der Waals surface area contributed by atoms with Gasteiger partial charge >= 0.3 is 0 Å². The van der Waals surface area contributed by atoms with Gasteiger partial charge < -0.3 is 0 Å². The second kappa shape index (κ2) is 8.62. The zero-order chi connectivity index (χ0) is 17.5. The van der Waals surface area contributed by atoms with E-state index in [0.29, 0.717) is 11.7 Å². The van der Waals surface area contributed by atoms with Crippen LogP contribution in [-0.4, -0.2) is 27.4 Å². The van der Waals surface area contributed by atoms with Gasteiger partial charge in [-0.1, -0.05) is 85.8 Å². The molecule has 0 unspecified atom stereocenters. The smallest absolute Gasteiger partial charge is 0.242 e. The third-order valence-corrected chi connectivity index (χ3v) is 5.14. The van der Waals surface area contributed by atoms with Gasteiger partial charge in [0.2, 0.25) is 5.91 Å². The molecule has 1 aliphatic heterocycles. The molecule has 0 N–H and O–H groups in total. The number of hydrogen-bond donors (Lipinski definition) is 0. The van der Waals surface area contributed by atoms with Gasteiger partial charge in [-0.25, -0.2) is 0 Å². The highest BCUT2D eigenvalue weighted by Crippen LogP contribution is 2.31. The number of nitrogens with zero attached hydrogens (tertiary/aromatic N) is 3. The molecule has 25 heavy (non-hydrogen) atoms. The van der Waals surface area contributed by atoms with Gasteiger partial charge in [0, 0.05) is 0 Å². The molecule has 1 atom stereocenters. The molecule has 1 heterocycles. The van der Waals surface area contributed by atoms with Gasteiger partial charge in [-0.15, -0.1) is 5.10 Å². The zero-order valence-electron chi connectivity index (χ0n) is 14.2. The fraction of sp³-hybridized carbons (Fsp3) is 0.250. The van der Waals surface area contributed by atoms with Crippen LogP contribution < -0.4 is 0 Å². The Bertz CT molecular complexity index is 759. The molecule has 1 fully saturated rings. The summed E-state index contributed by atoms with van der Waals surface area (Å²) in [4.78, 5) is 14.5. The molecule has 128 valence electrons. The summed E-state index contributed by atoms with van der Waals surface area (Å²) in [5, 5.41) is 9.15. The highest BCUT2D eigenvalue weighted by atomic mass is 32.2. The van der Waals surface area contributed by atoms with Crippen molar-refractivity contribution in [2.75, 3.05) is 0 Å². The summed E-state index contributed by atoms with van der Waals surface area (Å²) in [6, 6.07) is 19.8. The molecule has 0 saturated carbocycles. The summed E-state index contributed by atoms with van der Waals surface area (Å²) >= 11 is 1.52. The standard InChI is InChI=1S/C20H21N3OS/c1-2-9-18-19(24)23(15-17-12-7-4-8-13-17)20(25-18)22-21-14-16-10-5-3-6-11-16/h3-8,10-14,18H,2,9,15H2,1H3/b21-14-,22-20+/t18-/m1/s1. The molecule has 2 aromatic carbocycles. The number of amidine groups is 1. The van der Waals surface area contributed by atoms with Crippen molar-refractivity contribution in [3.63, 3.8) is 0 Å². The summed E-state index contributed by atoms with van der Waals surface area (Å²) < 4.78 is 0. The maximum absolute atomic E-state index is 12.7. The van der Waals surface area contributed by atoms with Crippen molar-refractivity contribution >= 4 is 29.1 Å². The first kappa shape index (κ1) is 17.4. The van der Waals surface area contributed by atoms with Crippen LogP contribution in [0, 0.1) is 0 Å². The van der Waals surface area contributed by atoms with Crippen molar-refractivity contribution in [3.8, 4) is 0 Å². The second-order valence-electron chi connectivity index (χ2n) is 5.84. The summed E-state index contributed by atoms with van der Waals surface area (Å²) in [6.07, 6.45) is 3.55. The van der Waals surface area contributed by atoms with E-state index in [2.05, 4.69) is 17.1 Å². The fourth-order valence-electron chi connectivity index (χ4n) is 2.63. The molecule has 1 amide bonds. The zero-order valence-corrected chi connectivity index (χ0v) is 15.0. The first-order chi connectivity index (χ1) is 12.3.